The molecule has 6 nitrogen and oxygen atoms in total. The molecule has 0 atom stereocenters. The van der Waals surface area contributed by atoms with Gasteiger partial charge in [-0.25, -0.2) is 17.5 Å². The molecule has 0 unspecified atom stereocenters. The zero-order valence-electron chi connectivity index (χ0n) is 11.1. The Balaban J connectivity index is 1.74. The van der Waals surface area contributed by atoms with Crippen LogP contribution >= 0.6 is 0 Å². The molecule has 1 heterocycles. The monoisotopic (exact) mass is 298 g/mol. The molecule has 1 aliphatic heterocycles. The summed E-state index contributed by atoms with van der Waals surface area (Å²) in [5.74, 6) is 0.323. The molecule has 7 heteroatoms. The lowest BCUT2D eigenvalue weighted by atomic mass is 10.3. The average Bonchev–Trinajstić information content (AvgIpc) is 2.94. The molecular weight excluding hydrogens is 280 g/mol. The molecule has 1 aliphatic rings. The zero-order valence-corrected chi connectivity index (χ0v) is 11.9. The highest BCUT2D eigenvalue weighted by Gasteiger charge is 2.24. The highest BCUT2D eigenvalue weighted by molar-refractivity contribution is 7.89. The summed E-state index contributed by atoms with van der Waals surface area (Å²) in [4.78, 5) is 11.5. The first-order valence-corrected chi connectivity index (χ1v) is 8.17. The Kier molecular flexibility index (Phi) is 4.97. The van der Waals surface area contributed by atoms with E-state index in [9.17, 15) is 13.2 Å². The van der Waals surface area contributed by atoms with Gasteiger partial charge in [0.05, 0.1) is 5.75 Å². The molecule has 1 N–H and O–H groups in total. The van der Waals surface area contributed by atoms with Gasteiger partial charge in [-0.1, -0.05) is 18.2 Å². The van der Waals surface area contributed by atoms with E-state index in [0.717, 1.165) is 12.8 Å². The molecule has 1 saturated heterocycles. The quantitative estimate of drug-likeness (QED) is 0.886. The van der Waals surface area contributed by atoms with Crippen LogP contribution in [-0.2, 0) is 10.0 Å². The number of sulfonamides is 1. The van der Waals surface area contributed by atoms with E-state index in [1.807, 2.05) is 6.07 Å². The molecule has 110 valence electrons. The number of ether oxygens (including phenoxy) is 1. The molecule has 0 bridgehead atoms. The second-order valence-corrected chi connectivity index (χ2v) is 6.64. The summed E-state index contributed by atoms with van der Waals surface area (Å²) in [6.07, 6.45) is 1.17. The van der Waals surface area contributed by atoms with E-state index in [1.165, 1.54) is 4.31 Å². The SMILES string of the molecule is O=C(NCCS(=O)(=O)N1CCCC1)Oc1ccccc1. The van der Waals surface area contributed by atoms with Crippen molar-refractivity contribution in [3.63, 3.8) is 0 Å². The lowest BCUT2D eigenvalue weighted by molar-refractivity contribution is 0.201. The van der Waals surface area contributed by atoms with Crippen LogP contribution in [0.4, 0.5) is 4.79 Å². The summed E-state index contributed by atoms with van der Waals surface area (Å²) in [7, 11) is -3.27. The number of nitrogens with zero attached hydrogens (tertiary/aromatic N) is 1. The van der Waals surface area contributed by atoms with Crippen LogP contribution in [0.2, 0.25) is 0 Å². The molecule has 2 rings (SSSR count). The van der Waals surface area contributed by atoms with E-state index >= 15 is 0 Å². The van der Waals surface area contributed by atoms with E-state index in [0.29, 0.717) is 18.8 Å². The Morgan fingerprint density at radius 3 is 2.50 bits per heavy atom. The fraction of sp³-hybridized carbons (Fsp3) is 0.462. The molecule has 20 heavy (non-hydrogen) atoms. The summed E-state index contributed by atoms with van der Waals surface area (Å²) in [6, 6.07) is 8.62. The third-order valence-electron chi connectivity index (χ3n) is 3.04. The highest BCUT2D eigenvalue weighted by atomic mass is 32.2. The van der Waals surface area contributed by atoms with Crippen molar-refractivity contribution in [2.75, 3.05) is 25.4 Å². The van der Waals surface area contributed by atoms with E-state index in [1.54, 1.807) is 24.3 Å². The van der Waals surface area contributed by atoms with E-state index in [2.05, 4.69) is 5.32 Å². The maximum absolute atomic E-state index is 11.9. The molecule has 1 aromatic carbocycles. The van der Waals surface area contributed by atoms with E-state index < -0.39 is 16.1 Å². The molecule has 1 amide bonds. The van der Waals surface area contributed by atoms with Crippen LogP contribution < -0.4 is 10.1 Å². The van der Waals surface area contributed by atoms with Gasteiger partial charge in [0.1, 0.15) is 5.75 Å². The first-order valence-electron chi connectivity index (χ1n) is 6.56. The van der Waals surface area contributed by atoms with Crippen LogP contribution in [0.15, 0.2) is 30.3 Å². The minimum atomic E-state index is -3.27. The number of hydrogen-bond donors (Lipinski definition) is 1. The predicted molar refractivity (Wildman–Crippen MR) is 75.1 cm³/mol. The second-order valence-electron chi connectivity index (χ2n) is 4.55. The number of nitrogens with one attached hydrogen (secondary N) is 1. The lowest BCUT2D eigenvalue weighted by Gasteiger charge is -2.15. The molecule has 0 aliphatic carbocycles. The number of benzene rings is 1. The van der Waals surface area contributed by atoms with Gasteiger partial charge in [-0.3, -0.25) is 0 Å². The topological polar surface area (TPSA) is 75.7 Å². The number of amides is 1. The van der Waals surface area contributed by atoms with Gasteiger partial charge in [0.25, 0.3) is 0 Å². The number of carbonyl (C=O) groups excluding carboxylic acids is 1. The van der Waals surface area contributed by atoms with Crippen LogP contribution in [-0.4, -0.2) is 44.2 Å². The van der Waals surface area contributed by atoms with Crippen LogP contribution in [0, 0.1) is 0 Å². The third-order valence-corrected chi connectivity index (χ3v) is 4.91. The van der Waals surface area contributed by atoms with Crippen molar-refractivity contribution in [1.82, 2.24) is 9.62 Å². The van der Waals surface area contributed by atoms with Gasteiger partial charge in [0, 0.05) is 19.6 Å². The zero-order chi connectivity index (χ0) is 14.4. The maximum Gasteiger partial charge on any atom is 0.412 e. The van der Waals surface area contributed by atoms with Crippen molar-refractivity contribution in [2.24, 2.45) is 0 Å². The van der Waals surface area contributed by atoms with Crippen LogP contribution in [0.25, 0.3) is 0 Å². The number of rotatable bonds is 5. The Hall–Kier alpha value is -1.60. The van der Waals surface area contributed by atoms with E-state index in [4.69, 9.17) is 4.74 Å². The van der Waals surface area contributed by atoms with E-state index in [-0.39, 0.29) is 12.3 Å². The summed E-state index contributed by atoms with van der Waals surface area (Å²) < 4.78 is 30.3. The van der Waals surface area contributed by atoms with Crippen LogP contribution in [0.3, 0.4) is 0 Å². The Morgan fingerprint density at radius 1 is 1.20 bits per heavy atom. The standard InChI is InChI=1S/C13H18N2O4S/c16-13(19-12-6-2-1-3-7-12)14-8-11-20(17,18)15-9-4-5-10-15/h1-3,6-7H,4-5,8-11H2,(H,14,16). The first kappa shape index (κ1) is 14.8. The van der Waals surface area contributed by atoms with Crippen molar-refractivity contribution in [3.8, 4) is 5.75 Å². The predicted octanol–water partition coefficient (Wildman–Crippen LogP) is 1.20. The van der Waals surface area contributed by atoms with Crippen LogP contribution in [0.1, 0.15) is 12.8 Å². The number of para-hydroxylation sites is 1. The summed E-state index contributed by atoms with van der Waals surface area (Å²) >= 11 is 0. The summed E-state index contributed by atoms with van der Waals surface area (Å²) in [5, 5.41) is 2.44. The smallest absolute Gasteiger partial charge is 0.410 e. The fourth-order valence-electron chi connectivity index (χ4n) is 2.01. The molecule has 1 fully saturated rings. The molecule has 0 spiro atoms. The van der Waals surface area contributed by atoms with Crippen molar-refractivity contribution in [3.05, 3.63) is 30.3 Å². The fourth-order valence-corrected chi connectivity index (χ4v) is 3.44. The van der Waals surface area contributed by atoms with Gasteiger partial charge in [-0.05, 0) is 25.0 Å². The number of hydrogen-bond acceptors (Lipinski definition) is 4. The third kappa shape index (κ3) is 4.21. The molecule has 0 aromatic heterocycles. The first-order chi connectivity index (χ1) is 9.58. The van der Waals surface area contributed by atoms with Crippen molar-refractivity contribution in [2.45, 2.75) is 12.8 Å². The van der Waals surface area contributed by atoms with Gasteiger partial charge >= 0.3 is 6.09 Å². The average molecular weight is 298 g/mol. The molecule has 1 aromatic rings. The van der Waals surface area contributed by atoms with Crippen molar-refractivity contribution >= 4 is 16.1 Å². The Labute approximate surface area is 118 Å². The summed E-state index contributed by atoms with van der Waals surface area (Å²) in [5.41, 5.74) is 0. The second kappa shape index (κ2) is 6.71. The number of carbonyl (C=O) groups is 1. The molecule has 0 radical (unpaired) electrons. The maximum atomic E-state index is 11.9. The molecule has 0 saturated carbocycles. The lowest BCUT2D eigenvalue weighted by Crippen LogP contribution is -2.37. The van der Waals surface area contributed by atoms with Gasteiger partial charge < -0.3 is 10.1 Å². The van der Waals surface area contributed by atoms with Gasteiger partial charge in [-0.2, -0.15) is 0 Å². The highest BCUT2D eigenvalue weighted by Crippen LogP contribution is 2.12. The van der Waals surface area contributed by atoms with Crippen molar-refractivity contribution in [1.29, 1.82) is 0 Å². The summed E-state index contributed by atoms with van der Waals surface area (Å²) in [6.45, 7) is 1.21. The minimum Gasteiger partial charge on any atom is -0.410 e. The van der Waals surface area contributed by atoms with Crippen molar-refractivity contribution < 1.29 is 17.9 Å². The minimum absolute atomic E-state index is 0.0461. The van der Waals surface area contributed by atoms with Crippen LogP contribution in [0.5, 0.6) is 5.75 Å². The van der Waals surface area contributed by atoms with Gasteiger partial charge in [-0.15, -0.1) is 0 Å². The van der Waals surface area contributed by atoms with Gasteiger partial charge in [0.15, 0.2) is 0 Å². The molecular formula is C13H18N2O4S. The Bertz CT molecular complexity index is 539. The normalized spacial score (nSPS) is 16.0. The van der Waals surface area contributed by atoms with Gasteiger partial charge in [0.2, 0.25) is 10.0 Å². The largest absolute Gasteiger partial charge is 0.412 e. The Morgan fingerprint density at radius 2 is 1.85 bits per heavy atom.